The Labute approximate surface area is 229 Å². The van der Waals surface area contributed by atoms with Crippen LogP contribution in [0.2, 0.25) is 5.02 Å². The summed E-state index contributed by atoms with van der Waals surface area (Å²) in [7, 11) is 1.44. The quantitative estimate of drug-likeness (QED) is 0.230. The molecule has 9 nitrogen and oxygen atoms in total. The van der Waals surface area contributed by atoms with Crippen molar-refractivity contribution in [1.82, 2.24) is 9.66 Å². The highest BCUT2D eigenvalue weighted by molar-refractivity contribution is 9.10. The highest BCUT2D eigenvalue weighted by atomic mass is 79.9. The summed E-state index contributed by atoms with van der Waals surface area (Å²) in [5.74, 6) is -0.242. The minimum Gasteiger partial charge on any atom is -0.493 e. The molecule has 38 heavy (non-hydrogen) atoms. The fourth-order valence-electron chi connectivity index (χ4n) is 3.82. The number of rotatable bonds is 7. The summed E-state index contributed by atoms with van der Waals surface area (Å²) in [4.78, 5) is 29.7. The summed E-state index contributed by atoms with van der Waals surface area (Å²) < 4.78 is 18.8. The highest BCUT2D eigenvalue weighted by Crippen LogP contribution is 2.35. The molecule has 5 rings (SSSR count). The number of carboxylic acid groups (broad SMARTS) is 1. The van der Waals surface area contributed by atoms with Gasteiger partial charge in [-0.1, -0.05) is 39.7 Å². The maximum atomic E-state index is 13.6. The van der Waals surface area contributed by atoms with Gasteiger partial charge in [0.25, 0.3) is 5.56 Å². The van der Waals surface area contributed by atoms with Crippen LogP contribution in [0.3, 0.4) is 0 Å². The summed E-state index contributed by atoms with van der Waals surface area (Å²) in [5.41, 5.74) is 0.980. The average molecular weight is 597 g/mol. The Morgan fingerprint density at radius 2 is 2.00 bits per heavy atom. The molecule has 0 bridgehead atoms. The van der Waals surface area contributed by atoms with Gasteiger partial charge in [0.2, 0.25) is 5.82 Å². The van der Waals surface area contributed by atoms with Crippen LogP contribution >= 0.6 is 27.5 Å². The van der Waals surface area contributed by atoms with Gasteiger partial charge in [-0.3, -0.25) is 4.79 Å². The first-order valence-corrected chi connectivity index (χ1v) is 12.4. The highest BCUT2D eigenvalue weighted by Gasteiger charge is 2.20. The Morgan fingerprint density at radius 1 is 1.21 bits per heavy atom. The number of benzene rings is 3. The molecular formula is C27H19BrClN3O6. The Bertz CT molecular complexity index is 1800. The fourth-order valence-corrected chi connectivity index (χ4v) is 4.46. The number of halogens is 2. The molecule has 2 aromatic heterocycles. The van der Waals surface area contributed by atoms with Gasteiger partial charge in [0.15, 0.2) is 23.4 Å². The summed E-state index contributed by atoms with van der Waals surface area (Å²) in [6, 6.07) is 17.1. The van der Waals surface area contributed by atoms with Crippen molar-refractivity contribution in [3.63, 3.8) is 0 Å². The number of carboxylic acids is 1. The molecule has 5 aromatic rings. The van der Waals surface area contributed by atoms with Crippen molar-refractivity contribution < 1.29 is 23.8 Å². The predicted molar refractivity (Wildman–Crippen MR) is 148 cm³/mol. The molecule has 0 aliphatic carbocycles. The molecule has 1 atom stereocenters. The van der Waals surface area contributed by atoms with Crippen LogP contribution < -0.4 is 15.0 Å². The topological polar surface area (TPSA) is 116 Å². The number of aromatic nitrogens is 2. The summed E-state index contributed by atoms with van der Waals surface area (Å²) >= 11 is 9.55. The third kappa shape index (κ3) is 4.88. The second-order valence-corrected chi connectivity index (χ2v) is 9.58. The molecule has 0 amide bonds. The molecule has 0 saturated carbocycles. The lowest BCUT2D eigenvalue weighted by molar-refractivity contribution is -0.144. The number of ether oxygens (including phenoxy) is 2. The Hall–Kier alpha value is -4.15. The number of hydrogen-bond acceptors (Lipinski definition) is 7. The van der Waals surface area contributed by atoms with E-state index in [0.717, 1.165) is 10.1 Å². The van der Waals surface area contributed by atoms with E-state index in [-0.39, 0.29) is 17.3 Å². The number of furan rings is 1. The Morgan fingerprint density at radius 3 is 2.76 bits per heavy atom. The lowest BCUT2D eigenvalue weighted by atomic mass is 10.2. The Kier molecular flexibility index (Phi) is 6.92. The third-order valence-corrected chi connectivity index (χ3v) is 6.37. The van der Waals surface area contributed by atoms with E-state index in [1.165, 1.54) is 20.2 Å². The van der Waals surface area contributed by atoms with E-state index in [4.69, 9.17) is 25.5 Å². The van der Waals surface area contributed by atoms with Crippen molar-refractivity contribution >= 4 is 61.6 Å². The molecule has 0 aliphatic rings. The first-order valence-electron chi connectivity index (χ1n) is 11.3. The molecule has 0 fully saturated rings. The third-order valence-electron chi connectivity index (χ3n) is 5.68. The second kappa shape index (κ2) is 10.3. The van der Waals surface area contributed by atoms with E-state index in [9.17, 15) is 14.7 Å². The SMILES string of the molecule is COc1cc(Br)cc(C=Nn2c(-c3cc4cc(Cl)ccc4o3)nc3ccccc3c2=O)c1O[C@@H](C)C(=O)O. The zero-order chi connectivity index (χ0) is 27.0. The van der Waals surface area contributed by atoms with Crippen LogP contribution in [0.5, 0.6) is 11.5 Å². The summed E-state index contributed by atoms with van der Waals surface area (Å²) in [5, 5.41) is 15.4. The molecular weight excluding hydrogens is 578 g/mol. The molecule has 192 valence electrons. The molecule has 2 heterocycles. The largest absolute Gasteiger partial charge is 0.493 e. The van der Waals surface area contributed by atoms with Gasteiger partial charge in [0, 0.05) is 20.4 Å². The minimum atomic E-state index is -1.17. The lowest BCUT2D eigenvalue weighted by Crippen LogP contribution is -2.24. The fraction of sp³-hybridized carbons (Fsp3) is 0.111. The van der Waals surface area contributed by atoms with Gasteiger partial charge in [0.05, 0.1) is 24.2 Å². The first kappa shape index (κ1) is 25.5. The van der Waals surface area contributed by atoms with Crippen molar-refractivity contribution in [1.29, 1.82) is 0 Å². The van der Waals surface area contributed by atoms with Gasteiger partial charge in [-0.05, 0) is 55.5 Å². The molecule has 1 N–H and O–H groups in total. The standard InChI is InChI=1S/C27H19BrClN3O6/c1-14(27(34)35)37-24-16(9-17(28)12-22(24)36-2)13-30-32-25(31-20-6-4-3-5-19(20)26(32)33)23-11-15-10-18(29)7-8-21(15)38-23/h3-14H,1-2H3,(H,34,35)/t14-/m0/s1. The zero-order valence-corrected chi connectivity index (χ0v) is 22.4. The van der Waals surface area contributed by atoms with Crippen LogP contribution in [-0.4, -0.2) is 40.2 Å². The van der Waals surface area contributed by atoms with Gasteiger partial charge in [0.1, 0.15) is 5.58 Å². The number of nitrogens with zero attached hydrogens (tertiary/aromatic N) is 3. The maximum absolute atomic E-state index is 13.6. The molecule has 0 spiro atoms. The average Bonchev–Trinajstić information content (AvgIpc) is 3.32. The number of carbonyl (C=O) groups is 1. The monoisotopic (exact) mass is 595 g/mol. The normalized spacial score (nSPS) is 12.3. The van der Waals surface area contributed by atoms with Gasteiger partial charge < -0.3 is 19.0 Å². The van der Waals surface area contributed by atoms with Gasteiger partial charge in [-0.25, -0.2) is 9.78 Å². The van der Waals surface area contributed by atoms with E-state index >= 15 is 0 Å². The van der Waals surface area contributed by atoms with Crippen molar-refractivity contribution in [3.8, 4) is 23.1 Å². The number of fused-ring (bicyclic) bond motifs is 2. The van der Waals surface area contributed by atoms with Crippen molar-refractivity contribution in [2.75, 3.05) is 7.11 Å². The lowest BCUT2D eigenvalue weighted by Gasteiger charge is -2.16. The van der Waals surface area contributed by atoms with E-state index < -0.39 is 17.6 Å². The number of hydrogen-bond donors (Lipinski definition) is 1. The number of para-hydroxylation sites is 1. The van der Waals surface area contributed by atoms with Crippen LogP contribution in [0, 0.1) is 0 Å². The molecule has 0 radical (unpaired) electrons. The smallest absolute Gasteiger partial charge is 0.344 e. The van der Waals surface area contributed by atoms with Gasteiger partial charge in [-0.2, -0.15) is 9.78 Å². The molecule has 0 aliphatic heterocycles. The molecule has 3 aromatic carbocycles. The first-order chi connectivity index (χ1) is 18.2. The van der Waals surface area contributed by atoms with Crippen LogP contribution in [0.1, 0.15) is 12.5 Å². The number of aliphatic carboxylic acids is 1. The molecule has 11 heteroatoms. The number of methoxy groups -OCH3 is 1. The minimum absolute atomic E-state index is 0.149. The van der Waals surface area contributed by atoms with Crippen molar-refractivity contribution in [3.05, 3.63) is 86.1 Å². The van der Waals surface area contributed by atoms with E-state index in [1.807, 2.05) is 0 Å². The van der Waals surface area contributed by atoms with Gasteiger partial charge >= 0.3 is 5.97 Å². The van der Waals surface area contributed by atoms with Crippen molar-refractivity contribution in [2.45, 2.75) is 13.0 Å². The van der Waals surface area contributed by atoms with Crippen LogP contribution in [0.25, 0.3) is 33.5 Å². The zero-order valence-electron chi connectivity index (χ0n) is 20.0. The van der Waals surface area contributed by atoms with Crippen LogP contribution in [-0.2, 0) is 4.79 Å². The predicted octanol–water partition coefficient (Wildman–Crippen LogP) is 5.97. The molecule has 0 saturated heterocycles. The van der Waals surface area contributed by atoms with E-state index in [0.29, 0.717) is 37.3 Å². The van der Waals surface area contributed by atoms with E-state index in [1.54, 1.807) is 60.7 Å². The van der Waals surface area contributed by atoms with Crippen molar-refractivity contribution in [2.24, 2.45) is 5.10 Å². The summed E-state index contributed by atoms with van der Waals surface area (Å²) in [6.07, 6.45) is 0.207. The van der Waals surface area contributed by atoms with E-state index in [2.05, 4.69) is 26.0 Å². The van der Waals surface area contributed by atoms with Crippen LogP contribution in [0.4, 0.5) is 0 Å². The maximum Gasteiger partial charge on any atom is 0.344 e. The molecule has 0 unspecified atom stereocenters. The van der Waals surface area contributed by atoms with Crippen LogP contribution in [0.15, 0.2) is 79.4 Å². The summed E-state index contributed by atoms with van der Waals surface area (Å²) in [6.45, 7) is 1.40. The Balaban J connectivity index is 1.71. The van der Waals surface area contributed by atoms with Gasteiger partial charge in [-0.15, -0.1) is 0 Å². The second-order valence-electron chi connectivity index (χ2n) is 8.23.